The molecule has 0 aromatic heterocycles. The van der Waals surface area contributed by atoms with Gasteiger partial charge in [0.05, 0.1) is 13.2 Å². The zero-order valence-corrected chi connectivity index (χ0v) is 36.8. The topological polar surface area (TPSA) is 152 Å². The highest BCUT2D eigenvalue weighted by Crippen LogP contribution is 2.23. The van der Waals surface area contributed by atoms with Gasteiger partial charge in [-0.25, -0.2) is 0 Å². The molecule has 0 aromatic rings. The third kappa shape index (κ3) is 30.0. The summed E-state index contributed by atoms with van der Waals surface area (Å²) >= 11 is 0. The van der Waals surface area contributed by atoms with E-state index in [9.17, 15) is 30.0 Å². The molecule has 10 heteroatoms. The second-order valence-corrected chi connectivity index (χ2v) is 16.2. The van der Waals surface area contributed by atoms with Gasteiger partial charge in [0.2, 0.25) is 0 Å². The maximum absolute atomic E-state index is 12.8. The minimum absolute atomic E-state index is 0.212. The molecular formula is C48H86O10. The SMILES string of the molecule is CC/C=C\C/C=C\C/C=C\CCCCCCCC(=O)O[C@H](COC(=O)CCCCCCCCCCCCCCCCCCCC)CO[C@@H]1O[C@H](CO)[C@H](O)[C@H](O)[C@H]1O. The molecular weight excluding hydrogens is 737 g/mol. The molecule has 1 aliphatic rings. The summed E-state index contributed by atoms with van der Waals surface area (Å²) in [7, 11) is 0. The Morgan fingerprint density at radius 3 is 1.53 bits per heavy atom. The second-order valence-electron chi connectivity index (χ2n) is 16.2. The van der Waals surface area contributed by atoms with Gasteiger partial charge >= 0.3 is 11.9 Å². The Morgan fingerprint density at radius 1 is 0.552 bits per heavy atom. The van der Waals surface area contributed by atoms with Crippen LogP contribution in [0.4, 0.5) is 0 Å². The third-order valence-electron chi connectivity index (χ3n) is 10.8. The van der Waals surface area contributed by atoms with E-state index in [-0.39, 0.29) is 32.0 Å². The standard InChI is InChI=1S/C48H86O10/c1-3-5-7-9-11-13-15-17-19-20-21-23-24-26-28-30-32-34-36-43(50)55-39-41(40-56-48-47(54)46(53)45(52)42(38-49)58-48)57-44(51)37-35-33-31-29-27-25-22-18-16-14-12-10-8-6-4-2/h6,8,12,14,18,22,41-42,45-49,52-54H,3-5,7,9-11,13,15-17,19-21,23-40H2,1-2H3/b8-6-,14-12-,22-18-/t41-,42-,45+,46+,47-,48-/m1/s1. The van der Waals surface area contributed by atoms with Crippen molar-refractivity contribution in [3.8, 4) is 0 Å². The Labute approximate surface area is 353 Å². The summed E-state index contributed by atoms with van der Waals surface area (Å²) in [5, 5.41) is 40.1. The Balaban J connectivity index is 2.30. The first-order valence-corrected chi connectivity index (χ1v) is 23.6. The summed E-state index contributed by atoms with van der Waals surface area (Å²) in [5.74, 6) is -0.820. The van der Waals surface area contributed by atoms with Gasteiger partial charge in [0.25, 0.3) is 0 Å². The second kappa shape index (κ2) is 39.1. The van der Waals surface area contributed by atoms with Gasteiger partial charge < -0.3 is 39.4 Å². The molecule has 10 nitrogen and oxygen atoms in total. The van der Waals surface area contributed by atoms with Crippen molar-refractivity contribution in [2.24, 2.45) is 0 Å². The number of aliphatic hydroxyl groups excluding tert-OH is 4. The molecule has 58 heavy (non-hydrogen) atoms. The number of carbonyl (C=O) groups is 2. The maximum atomic E-state index is 12.8. The minimum Gasteiger partial charge on any atom is -0.462 e. The molecule has 338 valence electrons. The lowest BCUT2D eigenvalue weighted by Gasteiger charge is -2.39. The highest BCUT2D eigenvalue weighted by Gasteiger charge is 2.44. The number of hydrogen-bond acceptors (Lipinski definition) is 10. The molecule has 0 spiro atoms. The van der Waals surface area contributed by atoms with E-state index in [1.165, 1.54) is 96.3 Å². The van der Waals surface area contributed by atoms with Crippen LogP contribution in [0.1, 0.15) is 200 Å². The summed E-state index contributed by atoms with van der Waals surface area (Å²) in [6.45, 7) is 3.31. The summed E-state index contributed by atoms with van der Waals surface area (Å²) in [4.78, 5) is 25.4. The van der Waals surface area contributed by atoms with Gasteiger partial charge in [0.15, 0.2) is 12.4 Å². The Bertz CT molecular complexity index is 1040. The van der Waals surface area contributed by atoms with Gasteiger partial charge in [0, 0.05) is 12.8 Å². The lowest BCUT2D eigenvalue weighted by Crippen LogP contribution is -2.59. The van der Waals surface area contributed by atoms with Crippen molar-refractivity contribution in [3.63, 3.8) is 0 Å². The van der Waals surface area contributed by atoms with Crippen LogP contribution in [-0.2, 0) is 28.5 Å². The number of allylic oxidation sites excluding steroid dienone is 6. The lowest BCUT2D eigenvalue weighted by atomic mass is 9.99. The number of rotatable bonds is 39. The summed E-state index contributed by atoms with van der Waals surface area (Å²) in [5.41, 5.74) is 0. The van der Waals surface area contributed by atoms with E-state index in [1.54, 1.807) is 0 Å². The zero-order valence-electron chi connectivity index (χ0n) is 36.8. The molecule has 0 bridgehead atoms. The zero-order chi connectivity index (χ0) is 42.3. The van der Waals surface area contributed by atoms with Gasteiger partial charge in [-0.2, -0.15) is 0 Å². The van der Waals surface area contributed by atoms with E-state index in [1.807, 2.05) is 0 Å². The monoisotopic (exact) mass is 823 g/mol. The van der Waals surface area contributed by atoms with Crippen LogP contribution in [-0.4, -0.2) is 89.0 Å². The minimum atomic E-state index is -1.60. The molecule has 0 unspecified atom stereocenters. The average Bonchev–Trinajstić information content (AvgIpc) is 3.22. The molecule has 1 saturated heterocycles. The van der Waals surface area contributed by atoms with Crippen LogP contribution in [0.3, 0.4) is 0 Å². The fourth-order valence-electron chi connectivity index (χ4n) is 7.09. The number of esters is 2. The van der Waals surface area contributed by atoms with Gasteiger partial charge in [-0.1, -0.05) is 179 Å². The summed E-state index contributed by atoms with van der Waals surface area (Å²) in [6.07, 6.45) is 37.2. The largest absolute Gasteiger partial charge is 0.462 e. The molecule has 1 rings (SSSR count). The van der Waals surface area contributed by atoms with E-state index >= 15 is 0 Å². The maximum Gasteiger partial charge on any atom is 0.306 e. The van der Waals surface area contributed by atoms with Crippen molar-refractivity contribution < 1.29 is 49.0 Å². The predicted octanol–water partition coefficient (Wildman–Crippen LogP) is 10.3. The van der Waals surface area contributed by atoms with Gasteiger partial charge in [-0.3, -0.25) is 9.59 Å². The van der Waals surface area contributed by atoms with Crippen molar-refractivity contribution in [2.75, 3.05) is 19.8 Å². The molecule has 0 amide bonds. The van der Waals surface area contributed by atoms with E-state index in [0.29, 0.717) is 6.42 Å². The van der Waals surface area contributed by atoms with Crippen LogP contribution in [0, 0.1) is 0 Å². The third-order valence-corrected chi connectivity index (χ3v) is 10.8. The van der Waals surface area contributed by atoms with Gasteiger partial charge in [-0.15, -0.1) is 0 Å². The number of carbonyl (C=O) groups excluding carboxylic acids is 2. The predicted molar refractivity (Wildman–Crippen MR) is 233 cm³/mol. The number of unbranched alkanes of at least 4 members (excludes halogenated alkanes) is 22. The Morgan fingerprint density at radius 2 is 1.02 bits per heavy atom. The van der Waals surface area contributed by atoms with Gasteiger partial charge in [0.1, 0.15) is 31.0 Å². The molecule has 1 aliphatic heterocycles. The fourth-order valence-corrected chi connectivity index (χ4v) is 7.09. The molecule has 6 atom stereocenters. The fraction of sp³-hybridized carbons (Fsp3) is 0.833. The highest BCUT2D eigenvalue weighted by molar-refractivity contribution is 5.70. The average molecular weight is 823 g/mol. The normalized spacial score (nSPS) is 20.4. The van der Waals surface area contributed by atoms with Crippen molar-refractivity contribution in [1.82, 2.24) is 0 Å². The molecule has 0 saturated carbocycles. The van der Waals surface area contributed by atoms with E-state index in [4.69, 9.17) is 18.9 Å². The quantitative estimate of drug-likeness (QED) is 0.0268. The molecule has 1 heterocycles. The van der Waals surface area contributed by atoms with Crippen LogP contribution in [0.5, 0.6) is 0 Å². The highest BCUT2D eigenvalue weighted by atomic mass is 16.7. The number of ether oxygens (including phenoxy) is 4. The van der Waals surface area contributed by atoms with Crippen molar-refractivity contribution in [1.29, 1.82) is 0 Å². The first-order chi connectivity index (χ1) is 28.3. The smallest absolute Gasteiger partial charge is 0.306 e. The Kier molecular flexibility index (Phi) is 36.3. The van der Waals surface area contributed by atoms with Gasteiger partial charge in [-0.05, 0) is 44.9 Å². The summed E-state index contributed by atoms with van der Waals surface area (Å²) in [6, 6.07) is 0. The van der Waals surface area contributed by atoms with Crippen molar-refractivity contribution >= 4 is 11.9 Å². The van der Waals surface area contributed by atoms with Crippen LogP contribution in [0.15, 0.2) is 36.5 Å². The van der Waals surface area contributed by atoms with E-state index in [0.717, 1.165) is 70.6 Å². The lowest BCUT2D eigenvalue weighted by molar-refractivity contribution is -0.305. The summed E-state index contributed by atoms with van der Waals surface area (Å²) < 4.78 is 22.2. The molecule has 4 N–H and O–H groups in total. The molecule has 0 aromatic carbocycles. The number of aliphatic hydroxyl groups is 4. The van der Waals surface area contributed by atoms with Crippen LogP contribution >= 0.6 is 0 Å². The Hall–Kier alpha value is -2.08. The van der Waals surface area contributed by atoms with Crippen LogP contribution in [0.25, 0.3) is 0 Å². The van der Waals surface area contributed by atoms with E-state index in [2.05, 4.69) is 50.3 Å². The first kappa shape index (κ1) is 53.9. The van der Waals surface area contributed by atoms with Crippen molar-refractivity contribution in [2.45, 2.75) is 237 Å². The molecule has 0 aliphatic carbocycles. The van der Waals surface area contributed by atoms with Crippen LogP contribution in [0.2, 0.25) is 0 Å². The van der Waals surface area contributed by atoms with Crippen LogP contribution < -0.4 is 0 Å². The number of hydrogen-bond donors (Lipinski definition) is 4. The molecule has 1 fully saturated rings. The first-order valence-electron chi connectivity index (χ1n) is 23.6. The molecule has 0 radical (unpaired) electrons. The van der Waals surface area contributed by atoms with Crippen molar-refractivity contribution in [3.05, 3.63) is 36.5 Å². The van der Waals surface area contributed by atoms with E-state index < -0.39 is 49.4 Å².